The molecule has 28 heavy (non-hydrogen) atoms. The fraction of sp³-hybridized carbons (Fsp3) is 0.846. The van der Waals surface area contributed by atoms with Gasteiger partial charge in [0, 0.05) is 26.2 Å². The van der Waals surface area contributed by atoms with Crippen molar-refractivity contribution in [1.82, 2.24) is 9.80 Å². The average molecular weight is 387 g/mol. The molecule has 0 aromatic rings. The molecule has 2 heteroatoms. The Morgan fingerprint density at radius 3 is 1.50 bits per heavy atom. The van der Waals surface area contributed by atoms with E-state index in [0.29, 0.717) is 12.1 Å². The minimum atomic E-state index is 0.623. The first-order valence-corrected chi connectivity index (χ1v) is 12.0. The van der Waals surface area contributed by atoms with Gasteiger partial charge in [-0.15, -0.1) is 0 Å². The lowest BCUT2D eigenvalue weighted by Gasteiger charge is -2.42. The summed E-state index contributed by atoms with van der Waals surface area (Å²) in [4.78, 5) is 5.69. The van der Waals surface area contributed by atoms with Gasteiger partial charge in [-0.3, -0.25) is 9.80 Å². The van der Waals surface area contributed by atoms with Gasteiger partial charge in [-0.1, -0.05) is 64.8 Å². The standard InChI is InChI=1S/C26H46N2/c1-17(2)26-27(15-24-20(5)11-18(3)12-21(24)6)9-10-28(26)16-25-22(7)13-19(4)14-23(25)8/h11,13,17,20-26H,9-10,12,14-16H2,1-8H3/t20-,21+,22-,23+,24-,25-/m0/s1. The van der Waals surface area contributed by atoms with E-state index in [9.17, 15) is 0 Å². The minimum absolute atomic E-state index is 0.623. The second-order valence-electron chi connectivity index (χ2n) is 11.1. The summed E-state index contributed by atoms with van der Waals surface area (Å²) in [5.41, 5.74) is 3.20. The smallest absolute Gasteiger partial charge is 0.0647 e. The zero-order valence-corrected chi connectivity index (χ0v) is 19.9. The molecule has 0 N–H and O–H groups in total. The Labute approximate surface area is 175 Å². The van der Waals surface area contributed by atoms with Gasteiger partial charge in [-0.25, -0.2) is 0 Å². The molecule has 0 bridgehead atoms. The zero-order valence-electron chi connectivity index (χ0n) is 19.9. The third kappa shape index (κ3) is 4.75. The van der Waals surface area contributed by atoms with Gasteiger partial charge in [0.25, 0.3) is 0 Å². The molecule has 1 heterocycles. The fourth-order valence-electron chi connectivity index (χ4n) is 6.86. The maximum absolute atomic E-state index is 2.84. The third-order valence-corrected chi connectivity index (χ3v) is 8.10. The Kier molecular flexibility index (Phi) is 7.14. The molecule has 0 unspecified atom stereocenters. The van der Waals surface area contributed by atoms with Crippen molar-refractivity contribution in [2.75, 3.05) is 26.2 Å². The van der Waals surface area contributed by atoms with Crippen LogP contribution < -0.4 is 0 Å². The summed E-state index contributed by atoms with van der Waals surface area (Å²) >= 11 is 0. The second kappa shape index (κ2) is 9.04. The molecule has 0 aromatic carbocycles. The van der Waals surface area contributed by atoms with Crippen molar-refractivity contribution >= 4 is 0 Å². The van der Waals surface area contributed by atoms with Crippen LogP contribution in [0, 0.1) is 41.4 Å². The Bertz CT molecular complexity index is 541. The van der Waals surface area contributed by atoms with Gasteiger partial charge in [0.05, 0.1) is 6.17 Å². The summed E-state index contributed by atoms with van der Waals surface area (Å²) in [7, 11) is 0. The highest BCUT2D eigenvalue weighted by atomic mass is 15.4. The summed E-state index contributed by atoms with van der Waals surface area (Å²) in [5, 5.41) is 0. The lowest BCUT2D eigenvalue weighted by Crippen LogP contribution is -2.48. The van der Waals surface area contributed by atoms with Crippen molar-refractivity contribution in [3.8, 4) is 0 Å². The van der Waals surface area contributed by atoms with E-state index in [-0.39, 0.29) is 0 Å². The monoisotopic (exact) mass is 386 g/mol. The molecular formula is C26H46N2. The van der Waals surface area contributed by atoms with Crippen LogP contribution in [0.4, 0.5) is 0 Å². The highest BCUT2D eigenvalue weighted by molar-refractivity contribution is 5.10. The van der Waals surface area contributed by atoms with E-state index in [1.807, 2.05) is 0 Å². The molecule has 3 rings (SSSR count). The van der Waals surface area contributed by atoms with Crippen molar-refractivity contribution in [2.45, 2.75) is 74.4 Å². The van der Waals surface area contributed by atoms with E-state index < -0.39 is 0 Å². The first-order valence-electron chi connectivity index (χ1n) is 12.0. The molecule has 160 valence electrons. The molecule has 3 aliphatic rings. The molecule has 2 aliphatic carbocycles. The Hall–Kier alpha value is -0.600. The molecule has 0 saturated carbocycles. The van der Waals surface area contributed by atoms with Gasteiger partial charge >= 0.3 is 0 Å². The van der Waals surface area contributed by atoms with Gasteiger partial charge in [0.15, 0.2) is 0 Å². The van der Waals surface area contributed by atoms with E-state index in [2.05, 4.69) is 77.3 Å². The summed E-state index contributed by atoms with van der Waals surface area (Å²) < 4.78 is 0. The summed E-state index contributed by atoms with van der Waals surface area (Å²) in [6.07, 6.45) is 8.30. The van der Waals surface area contributed by atoms with Crippen molar-refractivity contribution in [3.05, 3.63) is 23.3 Å². The largest absolute Gasteiger partial charge is 0.286 e. The predicted molar refractivity (Wildman–Crippen MR) is 122 cm³/mol. The summed E-state index contributed by atoms with van der Waals surface area (Å²) in [6, 6.07) is 0. The van der Waals surface area contributed by atoms with Crippen LogP contribution in [-0.4, -0.2) is 42.1 Å². The predicted octanol–water partition coefficient (Wildman–Crippen LogP) is 6.06. The highest BCUT2D eigenvalue weighted by Gasteiger charge is 2.40. The fourth-order valence-corrected chi connectivity index (χ4v) is 6.86. The van der Waals surface area contributed by atoms with E-state index in [1.165, 1.54) is 39.0 Å². The second-order valence-corrected chi connectivity index (χ2v) is 11.1. The molecule has 0 amide bonds. The highest BCUT2D eigenvalue weighted by Crippen LogP contribution is 2.38. The van der Waals surface area contributed by atoms with Crippen LogP contribution in [0.15, 0.2) is 23.3 Å². The van der Waals surface area contributed by atoms with Crippen LogP contribution in [0.5, 0.6) is 0 Å². The molecule has 2 nitrogen and oxygen atoms in total. The number of allylic oxidation sites excluding steroid dienone is 4. The first kappa shape index (κ1) is 22.1. The van der Waals surface area contributed by atoms with Gasteiger partial charge in [0.2, 0.25) is 0 Å². The maximum atomic E-state index is 2.84. The van der Waals surface area contributed by atoms with Crippen LogP contribution in [-0.2, 0) is 0 Å². The third-order valence-electron chi connectivity index (χ3n) is 8.10. The molecule has 0 radical (unpaired) electrons. The van der Waals surface area contributed by atoms with Crippen molar-refractivity contribution in [3.63, 3.8) is 0 Å². The number of rotatable bonds is 5. The minimum Gasteiger partial charge on any atom is -0.286 e. The Morgan fingerprint density at radius 2 is 1.18 bits per heavy atom. The van der Waals surface area contributed by atoms with Crippen LogP contribution >= 0.6 is 0 Å². The number of hydrogen-bond donors (Lipinski definition) is 0. The molecular weight excluding hydrogens is 340 g/mol. The number of hydrogen-bond acceptors (Lipinski definition) is 2. The van der Waals surface area contributed by atoms with E-state index in [1.54, 1.807) is 11.1 Å². The van der Waals surface area contributed by atoms with Crippen molar-refractivity contribution < 1.29 is 0 Å². The van der Waals surface area contributed by atoms with E-state index in [0.717, 1.165) is 35.5 Å². The molecule has 1 fully saturated rings. The SMILES string of the molecule is CC1=C[C@H](C)[C@H](CN2CCN(C[C@@H]3[C@H](C)CC(C)=C[C@@H]3C)C2C(C)C)[C@H](C)C1. The van der Waals surface area contributed by atoms with Gasteiger partial charge < -0.3 is 0 Å². The molecule has 6 atom stereocenters. The van der Waals surface area contributed by atoms with Gasteiger partial charge in [-0.2, -0.15) is 0 Å². The quantitative estimate of drug-likeness (QED) is 0.530. The van der Waals surface area contributed by atoms with Crippen LogP contribution in [0.1, 0.15) is 68.2 Å². The van der Waals surface area contributed by atoms with E-state index in [4.69, 9.17) is 0 Å². The average Bonchev–Trinajstić information content (AvgIpc) is 2.96. The number of nitrogens with zero attached hydrogens (tertiary/aromatic N) is 2. The van der Waals surface area contributed by atoms with E-state index >= 15 is 0 Å². The Balaban J connectivity index is 1.69. The zero-order chi connectivity index (χ0) is 20.6. The van der Waals surface area contributed by atoms with Crippen LogP contribution in [0.2, 0.25) is 0 Å². The Morgan fingerprint density at radius 1 is 0.786 bits per heavy atom. The molecule has 0 spiro atoms. The normalized spacial score (nSPS) is 38.8. The molecule has 1 saturated heterocycles. The first-order chi connectivity index (χ1) is 13.2. The topological polar surface area (TPSA) is 6.48 Å². The molecule has 1 aliphatic heterocycles. The van der Waals surface area contributed by atoms with Crippen LogP contribution in [0.3, 0.4) is 0 Å². The van der Waals surface area contributed by atoms with Crippen molar-refractivity contribution in [1.29, 1.82) is 0 Å². The molecule has 0 aromatic heterocycles. The lowest BCUT2D eigenvalue weighted by atomic mass is 9.74. The summed E-state index contributed by atoms with van der Waals surface area (Å²) in [6.45, 7) is 24.4. The van der Waals surface area contributed by atoms with Gasteiger partial charge in [0.1, 0.15) is 0 Å². The summed E-state index contributed by atoms with van der Waals surface area (Å²) in [5.74, 6) is 5.38. The lowest BCUT2D eigenvalue weighted by molar-refractivity contribution is 0.0439. The van der Waals surface area contributed by atoms with Crippen molar-refractivity contribution in [2.24, 2.45) is 41.4 Å². The van der Waals surface area contributed by atoms with Gasteiger partial charge in [-0.05, 0) is 68.1 Å². The van der Waals surface area contributed by atoms with Crippen LogP contribution in [0.25, 0.3) is 0 Å². The maximum Gasteiger partial charge on any atom is 0.0647 e.